The van der Waals surface area contributed by atoms with Crippen molar-refractivity contribution in [2.45, 2.75) is 33.4 Å². The first-order chi connectivity index (χ1) is 9.67. The Balaban J connectivity index is 1.73. The van der Waals surface area contributed by atoms with E-state index in [-0.39, 0.29) is 0 Å². The lowest BCUT2D eigenvalue weighted by Crippen LogP contribution is -2.21. The van der Waals surface area contributed by atoms with Gasteiger partial charge in [0.05, 0.1) is 19.4 Å². The maximum absolute atomic E-state index is 5.67. The molecule has 0 spiro atoms. The molecule has 2 heterocycles. The van der Waals surface area contributed by atoms with Crippen LogP contribution in [0.2, 0.25) is 0 Å². The minimum atomic E-state index is 0.683. The van der Waals surface area contributed by atoms with Gasteiger partial charge in [-0.05, 0) is 37.4 Å². The Morgan fingerprint density at radius 2 is 2.35 bits per heavy atom. The SMILES string of the molecule is COCC1CCN(Cc2cc(CNCC(C)C)co2)C1. The Bertz CT molecular complexity index is 390. The van der Waals surface area contributed by atoms with Crippen molar-refractivity contribution in [2.24, 2.45) is 11.8 Å². The first kappa shape index (κ1) is 15.5. The zero-order valence-electron chi connectivity index (χ0n) is 13.0. The fourth-order valence-electron chi connectivity index (χ4n) is 2.76. The minimum Gasteiger partial charge on any atom is -0.468 e. The molecular formula is C16H28N2O2. The highest BCUT2D eigenvalue weighted by Crippen LogP contribution is 2.19. The molecule has 1 aromatic heterocycles. The molecule has 0 bridgehead atoms. The molecule has 2 rings (SSSR count). The lowest BCUT2D eigenvalue weighted by atomic mass is 10.1. The molecule has 0 radical (unpaired) electrons. The molecule has 1 aromatic rings. The van der Waals surface area contributed by atoms with Gasteiger partial charge in [-0.2, -0.15) is 0 Å². The van der Waals surface area contributed by atoms with Crippen molar-refractivity contribution >= 4 is 0 Å². The molecule has 0 aliphatic carbocycles. The van der Waals surface area contributed by atoms with E-state index in [4.69, 9.17) is 9.15 Å². The van der Waals surface area contributed by atoms with Gasteiger partial charge in [-0.3, -0.25) is 4.90 Å². The maximum Gasteiger partial charge on any atom is 0.118 e. The van der Waals surface area contributed by atoms with Gasteiger partial charge >= 0.3 is 0 Å². The topological polar surface area (TPSA) is 37.6 Å². The quantitative estimate of drug-likeness (QED) is 0.794. The normalized spacial score (nSPS) is 20.1. The van der Waals surface area contributed by atoms with Crippen LogP contribution in [0.4, 0.5) is 0 Å². The number of methoxy groups -OCH3 is 1. The third kappa shape index (κ3) is 4.93. The van der Waals surface area contributed by atoms with Gasteiger partial charge in [0, 0.05) is 25.8 Å². The first-order valence-corrected chi connectivity index (χ1v) is 7.65. The highest BCUT2D eigenvalue weighted by Gasteiger charge is 2.22. The van der Waals surface area contributed by atoms with Crippen LogP contribution < -0.4 is 5.32 Å². The molecule has 0 amide bonds. The molecule has 1 aliphatic rings. The summed E-state index contributed by atoms with van der Waals surface area (Å²) in [6.45, 7) is 10.4. The molecule has 1 atom stereocenters. The largest absolute Gasteiger partial charge is 0.468 e. The van der Waals surface area contributed by atoms with Crippen molar-refractivity contribution < 1.29 is 9.15 Å². The zero-order valence-corrected chi connectivity index (χ0v) is 13.0. The molecule has 0 aromatic carbocycles. The average Bonchev–Trinajstić information content (AvgIpc) is 3.00. The second-order valence-corrected chi connectivity index (χ2v) is 6.29. The van der Waals surface area contributed by atoms with Gasteiger partial charge in [-0.15, -0.1) is 0 Å². The molecule has 1 saturated heterocycles. The lowest BCUT2D eigenvalue weighted by Gasteiger charge is -2.13. The van der Waals surface area contributed by atoms with Gasteiger partial charge in [0.2, 0.25) is 0 Å². The third-order valence-corrected chi connectivity index (χ3v) is 3.74. The minimum absolute atomic E-state index is 0.683. The van der Waals surface area contributed by atoms with Crippen LogP contribution in [0.15, 0.2) is 16.7 Å². The number of ether oxygens (including phenoxy) is 1. The molecule has 1 unspecified atom stereocenters. The van der Waals surface area contributed by atoms with E-state index in [9.17, 15) is 0 Å². The third-order valence-electron chi connectivity index (χ3n) is 3.74. The van der Waals surface area contributed by atoms with Crippen LogP contribution in [0.5, 0.6) is 0 Å². The number of nitrogens with one attached hydrogen (secondary N) is 1. The number of nitrogens with zero attached hydrogens (tertiary/aromatic N) is 1. The molecular weight excluding hydrogens is 252 g/mol. The van der Waals surface area contributed by atoms with E-state index in [2.05, 4.69) is 30.1 Å². The molecule has 1 fully saturated rings. The van der Waals surface area contributed by atoms with Crippen molar-refractivity contribution in [3.8, 4) is 0 Å². The first-order valence-electron chi connectivity index (χ1n) is 7.65. The Morgan fingerprint density at radius 1 is 1.50 bits per heavy atom. The zero-order chi connectivity index (χ0) is 14.4. The van der Waals surface area contributed by atoms with Gasteiger partial charge in [0.25, 0.3) is 0 Å². The van der Waals surface area contributed by atoms with E-state index >= 15 is 0 Å². The summed E-state index contributed by atoms with van der Waals surface area (Å²) in [4.78, 5) is 2.45. The number of hydrogen-bond donors (Lipinski definition) is 1. The molecule has 20 heavy (non-hydrogen) atoms. The van der Waals surface area contributed by atoms with E-state index in [1.807, 2.05) is 6.26 Å². The number of hydrogen-bond acceptors (Lipinski definition) is 4. The Morgan fingerprint density at radius 3 is 3.10 bits per heavy atom. The van der Waals surface area contributed by atoms with Crippen LogP contribution in [-0.4, -0.2) is 38.3 Å². The van der Waals surface area contributed by atoms with E-state index < -0.39 is 0 Å². The van der Waals surface area contributed by atoms with Crippen LogP contribution in [-0.2, 0) is 17.8 Å². The van der Waals surface area contributed by atoms with Crippen molar-refractivity contribution in [1.29, 1.82) is 0 Å². The maximum atomic E-state index is 5.67. The Hall–Kier alpha value is -0.840. The van der Waals surface area contributed by atoms with Crippen molar-refractivity contribution in [2.75, 3.05) is 33.4 Å². The second-order valence-electron chi connectivity index (χ2n) is 6.29. The fourth-order valence-corrected chi connectivity index (χ4v) is 2.76. The predicted octanol–water partition coefficient (Wildman–Crippen LogP) is 2.49. The summed E-state index contributed by atoms with van der Waals surface area (Å²) in [6, 6.07) is 2.18. The van der Waals surface area contributed by atoms with Crippen LogP contribution in [0.25, 0.3) is 0 Å². The van der Waals surface area contributed by atoms with E-state index in [0.717, 1.165) is 45.1 Å². The molecule has 1 aliphatic heterocycles. The molecule has 0 saturated carbocycles. The molecule has 114 valence electrons. The lowest BCUT2D eigenvalue weighted by molar-refractivity contribution is 0.151. The second kappa shape index (κ2) is 7.81. The summed E-state index contributed by atoms with van der Waals surface area (Å²) in [5.74, 6) is 2.44. The Kier molecular flexibility index (Phi) is 6.07. The van der Waals surface area contributed by atoms with Gasteiger partial charge < -0.3 is 14.5 Å². The molecule has 4 nitrogen and oxygen atoms in total. The summed E-state index contributed by atoms with van der Waals surface area (Å²) in [5.41, 5.74) is 1.24. The summed E-state index contributed by atoms with van der Waals surface area (Å²) < 4.78 is 10.9. The molecule has 1 N–H and O–H groups in total. The highest BCUT2D eigenvalue weighted by atomic mass is 16.5. The smallest absolute Gasteiger partial charge is 0.118 e. The summed E-state index contributed by atoms with van der Waals surface area (Å²) in [7, 11) is 1.78. The van der Waals surface area contributed by atoms with E-state index in [0.29, 0.717) is 11.8 Å². The summed E-state index contributed by atoms with van der Waals surface area (Å²) in [5, 5.41) is 3.44. The monoisotopic (exact) mass is 280 g/mol. The van der Waals surface area contributed by atoms with Crippen molar-refractivity contribution in [3.63, 3.8) is 0 Å². The summed E-state index contributed by atoms with van der Waals surface area (Å²) >= 11 is 0. The van der Waals surface area contributed by atoms with Gasteiger partial charge in [0.1, 0.15) is 5.76 Å². The average molecular weight is 280 g/mol. The van der Waals surface area contributed by atoms with Gasteiger partial charge in [-0.25, -0.2) is 0 Å². The van der Waals surface area contributed by atoms with Gasteiger partial charge in [-0.1, -0.05) is 13.8 Å². The van der Waals surface area contributed by atoms with Crippen LogP contribution >= 0.6 is 0 Å². The van der Waals surface area contributed by atoms with E-state index in [1.54, 1.807) is 7.11 Å². The molecule has 4 heteroatoms. The van der Waals surface area contributed by atoms with Crippen LogP contribution in [0, 0.1) is 11.8 Å². The predicted molar refractivity (Wildman–Crippen MR) is 80.5 cm³/mol. The van der Waals surface area contributed by atoms with Crippen molar-refractivity contribution in [1.82, 2.24) is 10.2 Å². The summed E-state index contributed by atoms with van der Waals surface area (Å²) in [6.07, 6.45) is 3.11. The number of furan rings is 1. The van der Waals surface area contributed by atoms with E-state index in [1.165, 1.54) is 12.0 Å². The van der Waals surface area contributed by atoms with Crippen LogP contribution in [0.1, 0.15) is 31.6 Å². The standard InChI is InChI=1S/C16H28N2O2/c1-13(2)7-17-8-15-6-16(20-12-15)10-18-5-4-14(9-18)11-19-3/h6,12-14,17H,4-5,7-11H2,1-3H3. The number of likely N-dealkylation sites (tertiary alicyclic amines) is 1. The van der Waals surface area contributed by atoms with Crippen molar-refractivity contribution in [3.05, 3.63) is 23.7 Å². The number of rotatable bonds is 8. The van der Waals surface area contributed by atoms with Gasteiger partial charge in [0.15, 0.2) is 0 Å². The highest BCUT2D eigenvalue weighted by molar-refractivity contribution is 5.12. The van der Waals surface area contributed by atoms with Crippen LogP contribution in [0.3, 0.4) is 0 Å². The fraction of sp³-hybridized carbons (Fsp3) is 0.750. The Labute approximate surface area is 122 Å².